The summed E-state index contributed by atoms with van der Waals surface area (Å²) < 4.78 is 10.8. The number of para-hydroxylation sites is 1. The molecule has 4 rings (SSSR count). The maximum Gasteiger partial charge on any atom is 0.255 e. The Morgan fingerprint density at radius 3 is 2.13 bits per heavy atom. The third kappa shape index (κ3) is 3.48. The van der Waals surface area contributed by atoms with Gasteiger partial charge in [-0.3, -0.25) is 19.4 Å². The first-order valence-corrected chi connectivity index (χ1v) is 9.59. The first-order valence-electron chi connectivity index (χ1n) is 9.59. The largest absolute Gasteiger partial charge is 0.497 e. The molecular weight excluding hydrogens is 380 g/mol. The lowest BCUT2D eigenvalue weighted by Gasteiger charge is -2.40. The number of hydrogen-bond donors (Lipinski definition) is 0. The van der Waals surface area contributed by atoms with Gasteiger partial charge in [0, 0.05) is 11.8 Å². The van der Waals surface area contributed by atoms with Gasteiger partial charge in [-0.1, -0.05) is 48.5 Å². The molecule has 1 fully saturated rings. The molecule has 0 saturated carbocycles. The predicted octanol–water partition coefficient (Wildman–Crippen LogP) is 3.82. The molecule has 1 heterocycles. The molecule has 0 bridgehead atoms. The smallest absolute Gasteiger partial charge is 0.255 e. The number of nitrogens with zero attached hydrogens (tertiary/aromatic N) is 2. The molecule has 1 saturated heterocycles. The third-order valence-corrected chi connectivity index (χ3v) is 5.15. The highest BCUT2D eigenvalue weighted by molar-refractivity contribution is 6.15. The van der Waals surface area contributed by atoms with Gasteiger partial charge in [0.1, 0.15) is 24.1 Å². The zero-order valence-corrected chi connectivity index (χ0v) is 16.8. The van der Waals surface area contributed by atoms with Crippen LogP contribution >= 0.6 is 0 Å². The topological polar surface area (TPSA) is 59.1 Å². The van der Waals surface area contributed by atoms with Gasteiger partial charge in [-0.25, -0.2) is 0 Å². The standard InChI is InChI=1S/C24H22N2O4/c1-29-19-13-14-21(30-2)20(15-19)25-16-22(27)26(18-11-7-4-8-12-18)23(24(25)28)17-9-5-3-6-10-17/h3-15,23H,16H2,1-2H3. The van der Waals surface area contributed by atoms with Crippen molar-refractivity contribution in [2.75, 3.05) is 30.6 Å². The lowest BCUT2D eigenvalue weighted by Crippen LogP contribution is -2.56. The molecular formula is C24H22N2O4. The van der Waals surface area contributed by atoms with Crippen LogP contribution in [-0.4, -0.2) is 32.6 Å². The quantitative estimate of drug-likeness (QED) is 0.651. The van der Waals surface area contributed by atoms with E-state index in [0.717, 1.165) is 5.56 Å². The number of amides is 2. The summed E-state index contributed by atoms with van der Waals surface area (Å²) in [4.78, 5) is 30.1. The summed E-state index contributed by atoms with van der Waals surface area (Å²) in [5.74, 6) is 0.681. The molecule has 152 valence electrons. The van der Waals surface area contributed by atoms with Gasteiger partial charge in [0.2, 0.25) is 5.91 Å². The summed E-state index contributed by atoms with van der Waals surface area (Å²) in [6.45, 7) is -0.0966. The van der Waals surface area contributed by atoms with Gasteiger partial charge in [0.15, 0.2) is 0 Å². The third-order valence-electron chi connectivity index (χ3n) is 5.15. The second-order valence-corrected chi connectivity index (χ2v) is 6.87. The summed E-state index contributed by atoms with van der Waals surface area (Å²) in [5.41, 5.74) is 1.93. The van der Waals surface area contributed by atoms with Gasteiger partial charge >= 0.3 is 0 Å². The van der Waals surface area contributed by atoms with Crippen molar-refractivity contribution < 1.29 is 19.1 Å². The van der Waals surface area contributed by atoms with E-state index < -0.39 is 6.04 Å². The van der Waals surface area contributed by atoms with E-state index in [1.165, 1.54) is 12.0 Å². The van der Waals surface area contributed by atoms with Crippen molar-refractivity contribution in [3.8, 4) is 11.5 Å². The van der Waals surface area contributed by atoms with E-state index in [1.807, 2.05) is 60.7 Å². The molecule has 1 atom stereocenters. The minimum atomic E-state index is -0.786. The Kier molecular flexibility index (Phi) is 5.39. The molecule has 3 aromatic rings. The number of carbonyl (C=O) groups excluding carboxylic acids is 2. The fourth-order valence-electron chi connectivity index (χ4n) is 3.71. The fraction of sp³-hybridized carbons (Fsp3) is 0.167. The average Bonchev–Trinajstić information content (AvgIpc) is 2.80. The Morgan fingerprint density at radius 1 is 0.833 bits per heavy atom. The van der Waals surface area contributed by atoms with E-state index in [-0.39, 0.29) is 18.4 Å². The van der Waals surface area contributed by atoms with Crippen molar-refractivity contribution in [1.29, 1.82) is 0 Å². The van der Waals surface area contributed by atoms with Gasteiger partial charge in [-0.05, 0) is 29.8 Å². The molecule has 0 N–H and O–H groups in total. The number of rotatable bonds is 5. The first-order chi connectivity index (χ1) is 14.6. The zero-order valence-electron chi connectivity index (χ0n) is 16.8. The van der Waals surface area contributed by atoms with Crippen LogP contribution in [0.15, 0.2) is 78.9 Å². The molecule has 0 radical (unpaired) electrons. The van der Waals surface area contributed by atoms with Gasteiger partial charge in [-0.15, -0.1) is 0 Å². The second kappa shape index (κ2) is 8.29. The normalized spacial score (nSPS) is 16.5. The van der Waals surface area contributed by atoms with Crippen LogP contribution in [0.25, 0.3) is 0 Å². The van der Waals surface area contributed by atoms with Crippen molar-refractivity contribution >= 4 is 23.2 Å². The van der Waals surface area contributed by atoms with E-state index in [9.17, 15) is 9.59 Å². The molecule has 1 aliphatic heterocycles. The summed E-state index contributed by atoms with van der Waals surface area (Å²) >= 11 is 0. The predicted molar refractivity (Wildman–Crippen MR) is 115 cm³/mol. The maximum atomic E-state index is 13.8. The van der Waals surface area contributed by atoms with E-state index in [2.05, 4.69) is 0 Å². The number of ether oxygens (including phenoxy) is 2. The van der Waals surface area contributed by atoms with Crippen LogP contribution in [0.1, 0.15) is 11.6 Å². The fourth-order valence-corrected chi connectivity index (χ4v) is 3.71. The number of piperazine rings is 1. The van der Waals surface area contributed by atoms with Crippen molar-refractivity contribution in [1.82, 2.24) is 0 Å². The molecule has 2 amide bonds. The van der Waals surface area contributed by atoms with Crippen molar-refractivity contribution in [3.63, 3.8) is 0 Å². The molecule has 3 aromatic carbocycles. The summed E-state index contributed by atoms with van der Waals surface area (Å²) in [6, 6.07) is 23.0. The molecule has 30 heavy (non-hydrogen) atoms. The summed E-state index contributed by atoms with van der Waals surface area (Å²) in [5, 5.41) is 0. The van der Waals surface area contributed by atoms with E-state index >= 15 is 0 Å². The Bertz CT molecular complexity index is 1050. The molecule has 6 heteroatoms. The highest BCUT2D eigenvalue weighted by Gasteiger charge is 2.42. The minimum Gasteiger partial charge on any atom is -0.497 e. The lowest BCUT2D eigenvalue weighted by molar-refractivity contribution is -0.128. The maximum absolute atomic E-state index is 13.8. The van der Waals surface area contributed by atoms with Crippen LogP contribution in [-0.2, 0) is 9.59 Å². The number of methoxy groups -OCH3 is 2. The highest BCUT2D eigenvalue weighted by atomic mass is 16.5. The number of benzene rings is 3. The van der Waals surface area contributed by atoms with E-state index in [4.69, 9.17) is 9.47 Å². The Morgan fingerprint density at radius 2 is 1.50 bits per heavy atom. The van der Waals surface area contributed by atoms with Crippen LogP contribution in [0.5, 0.6) is 11.5 Å². The lowest BCUT2D eigenvalue weighted by atomic mass is 9.99. The summed E-state index contributed by atoms with van der Waals surface area (Å²) in [6.07, 6.45) is 0. The van der Waals surface area contributed by atoms with Crippen molar-refractivity contribution in [2.24, 2.45) is 0 Å². The summed E-state index contributed by atoms with van der Waals surface area (Å²) in [7, 11) is 3.09. The number of anilines is 2. The molecule has 6 nitrogen and oxygen atoms in total. The van der Waals surface area contributed by atoms with Crippen LogP contribution in [0.3, 0.4) is 0 Å². The molecule has 1 aliphatic rings. The van der Waals surface area contributed by atoms with Crippen LogP contribution < -0.4 is 19.3 Å². The Hall–Kier alpha value is -3.80. The SMILES string of the molecule is COc1ccc(OC)c(N2CC(=O)N(c3ccccc3)C(c3ccccc3)C2=O)c1. The molecule has 0 spiro atoms. The van der Waals surface area contributed by atoms with E-state index in [1.54, 1.807) is 30.2 Å². The first kappa shape index (κ1) is 19.5. The Balaban J connectivity index is 1.83. The van der Waals surface area contributed by atoms with Gasteiger partial charge in [0.05, 0.1) is 19.9 Å². The molecule has 1 unspecified atom stereocenters. The van der Waals surface area contributed by atoms with E-state index in [0.29, 0.717) is 22.9 Å². The zero-order chi connectivity index (χ0) is 21.1. The van der Waals surface area contributed by atoms with Crippen molar-refractivity contribution in [3.05, 3.63) is 84.4 Å². The van der Waals surface area contributed by atoms with Crippen LogP contribution in [0.2, 0.25) is 0 Å². The number of hydrogen-bond acceptors (Lipinski definition) is 4. The van der Waals surface area contributed by atoms with Gasteiger partial charge < -0.3 is 9.47 Å². The average molecular weight is 402 g/mol. The highest BCUT2D eigenvalue weighted by Crippen LogP contribution is 2.39. The molecule has 0 aliphatic carbocycles. The Labute approximate surface area is 175 Å². The molecule has 0 aromatic heterocycles. The van der Waals surface area contributed by atoms with Gasteiger partial charge in [0.25, 0.3) is 5.91 Å². The van der Waals surface area contributed by atoms with Crippen LogP contribution in [0, 0.1) is 0 Å². The minimum absolute atomic E-state index is 0.0966. The van der Waals surface area contributed by atoms with Crippen molar-refractivity contribution in [2.45, 2.75) is 6.04 Å². The second-order valence-electron chi connectivity index (χ2n) is 6.87. The van der Waals surface area contributed by atoms with Gasteiger partial charge in [-0.2, -0.15) is 0 Å². The number of carbonyl (C=O) groups is 2. The van der Waals surface area contributed by atoms with Crippen LogP contribution in [0.4, 0.5) is 11.4 Å². The monoisotopic (exact) mass is 402 g/mol.